The highest BCUT2D eigenvalue weighted by atomic mass is 35.5. The van der Waals surface area contributed by atoms with Gasteiger partial charge in [0.2, 0.25) is 11.8 Å². The van der Waals surface area contributed by atoms with Crippen LogP contribution in [0.15, 0.2) is 42.5 Å². The number of nitrogens with zero attached hydrogens (tertiary/aromatic N) is 1. The molecule has 1 aliphatic rings. The van der Waals surface area contributed by atoms with Crippen molar-refractivity contribution in [2.45, 2.75) is 19.4 Å². The minimum Gasteiger partial charge on any atom is -0.457 e. The monoisotopic (exact) mass is 372 g/mol. The van der Waals surface area contributed by atoms with Crippen LogP contribution in [0.25, 0.3) is 0 Å². The Morgan fingerprint density at radius 2 is 1.81 bits per heavy atom. The molecule has 6 nitrogen and oxygen atoms in total. The molecule has 2 aromatic rings. The first-order chi connectivity index (χ1) is 12.5. The summed E-state index contributed by atoms with van der Waals surface area (Å²) in [5, 5.41) is 0.416. The van der Waals surface area contributed by atoms with Gasteiger partial charge >= 0.3 is 5.97 Å². The summed E-state index contributed by atoms with van der Waals surface area (Å²) in [6.07, 6.45) is 1.25. The number of carbonyl (C=O) groups is 3. The van der Waals surface area contributed by atoms with E-state index in [1.165, 1.54) is 0 Å². The molecule has 134 valence electrons. The number of carbonyl (C=O) groups excluding carboxylic acids is 3. The van der Waals surface area contributed by atoms with Gasteiger partial charge in [-0.05, 0) is 42.3 Å². The van der Waals surface area contributed by atoms with Gasteiger partial charge in [0.05, 0.1) is 16.3 Å². The maximum atomic E-state index is 12.3. The van der Waals surface area contributed by atoms with Crippen molar-refractivity contribution in [1.29, 1.82) is 0 Å². The molecule has 3 rings (SSSR count). The third kappa shape index (κ3) is 3.86. The quantitative estimate of drug-likeness (QED) is 0.817. The molecule has 0 radical (unpaired) electrons. The second-order valence-corrected chi connectivity index (χ2v) is 6.36. The van der Waals surface area contributed by atoms with E-state index in [1.807, 2.05) is 0 Å². The molecule has 0 aromatic heterocycles. The van der Waals surface area contributed by atoms with Crippen LogP contribution in [0.1, 0.15) is 39.1 Å². The van der Waals surface area contributed by atoms with Crippen LogP contribution in [-0.2, 0) is 16.1 Å². The first-order valence-electron chi connectivity index (χ1n) is 8.11. The fraction of sp³-hybridized carbons (Fsp3) is 0.211. The van der Waals surface area contributed by atoms with Gasteiger partial charge < -0.3 is 15.4 Å². The van der Waals surface area contributed by atoms with E-state index in [0.717, 1.165) is 12.0 Å². The van der Waals surface area contributed by atoms with Crippen LogP contribution in [-0.4, -0.2) is 24.3 Å². The predicted molar refractivity (Wildman–Crippen MR) is 97.1 cm³/mol. The number of hydrogen-bond acceptors (Lipinski definition) is 4. The number of nitrogens with two attached hydrogens (primary N) is 1. The molecule has 26 heavy (non-hydrogen) atoms. The number of amides is 2. The average molecular weight is 373 g/mol. The third-order valence-corrected chi connectivity index (χ3v) is 4.47. The highest BCUT2D eigenvalue weighted by Gasteiger charge is 2.24. The Kier molecular flexibility index (Phi) is 5.23. The van der Waals surface area contributed by atoms with Crippen LogP contribution < -0.4 is 10.6 Å². The van der Waals surface area contributed by atoms with Gasteiger partial charge in [-0.2, -0.15) is 0 Å². The van der Waals surface area contributed by atoms with Crippen molar-refractivity contribution in [3.8, 4) is 0 Å². The molecule has 2 aromatic carbocycles. The first kappa shape index (κ1) is 17.9. The lowest BCUT2D eigenvalue weighted by molar-refractivity contribution is -0.117. The van der Waals surface area contributed by atoms with E-state index in [0.29, 0.717) is 34.8 Å². The number of primary amides is 1. The summed E-state index contributed by atoms with van der Waals surface area (Å²) in [6.45, 7) is 0.641. The summed E-state index contributed by atoms with van der Waals surface area (Å²) >= 11 is 6.18. The van der Waals surface area contributed by atoms with E-state index < -0.39 is 11.9 Å². The number of benzene rings is 2. The molecule has 2 N–H and O–H groups in total. The lowest BCUT2D eigenvalue weighted by atomic mass is 10.1. The van der Waals surface area contributed by atoms with Gasteiger partial charge in [0.25, 0.3) is 0 Å². The topological polar surface area (TPSA) is 89.7 Å². The van der Waals surface area contributed by atoms with Crippen LogP contribution in [0.2, 0.25) is 5.02 Å². The van der Waals surface area contributed by atoms with Gasteiger partial charge in [0.1, 0.15) is 6.61 Å². The average Bonchev–Trinajstić information content (AvgIpc) is 3.06. The van der Waals surface area contributed by atoms with Gasteiger partial charge in [0, 0.05) is 18.5 Å². The van der Waals surface area contributed by atoms with Crippen molar-refractivity contribution in [3.05, 3.63) is 64.2 Å². The maximum Gasteiger partial charge on any atom is 0.338 e. The Hall–Kier alpha value is -2.86. The Bertz CT molecular complexity index is 864. The predicted octanol–water partition coefficient (Wildman–Crippen LogP) is 2.92. The molecule has 0 saturated carbocycles. The van der Waals surface area contributed by atoms with Crippen LogP contribution in [0, 0.1) is 0 Å². The summed E-state index contributed by atoms with van der Waals surface area (Å²) in [7, 11) is 0. The molecule has 0 spiro atoms. The zero-order valence-electron chi connectivity index (χ0n) is 13.9. The zero-order chi connectivity index (χ0) is 18.7. The highest BCUT2D eigenvalue weighted by molar-refractivity contribution is 6.34. The van der Waals surface area contributed by atoms with Crippen LogP contribution >= 0.6 is 11.6 Å². The minimum absolute atomic E-state index is 0.00745. The Morgan fingerprint density at radius 3 is 2.42 bits per heavy atom. The fourth-order valence-electron chi connectivity index (χ4n) is 2.75. The summed E-state index contributed by atoms with van der Waals surface area (Å²) in [5.41, 5.74) is 7.14. The lowest BCUT2D eigenvalue weighted by Crippen LogP contribution is -2.24. The van der Waals surface area contributed by atoms with Crippen LogP contribution in [0.5, 0.6) is 0 Å². The minimum atomic E-state index is -0.520. The fourth-order valence-corrected chi connectivity index (χ4v) is 2.97. The Morgan fingerprint density at radius 1 is 1.12 bits per heavy atom. The highest BCUT2D eigenvalue weighted by Crippen LogP contribution is 2.30. The first-order valence-corrected chi connectivity index (χ1v) is 8.49. The number of esters is 1. The van der Waals surface area contributed by atoms with Gasteiger partial charge in [-0.15, -0.1) is 0 Å². The van der Waals surface area contributed by atoms with Crippen molar-refractivity contribution in [1.82, 2.24) is 0 Å². The molecular weight excluding hydrogens is 356 g/mol. The normalized spacial score (nSPS) is 13.7. The van der Waals surface area contributed by atoms with Crippen LogP contribution in [0.4, 0.5) is 5.69 Å². The lowest BCUT2D eigenvalue weighted by Gasteiger charge is -2.18. The summed E-state index contributed by atoms with van der Waals surface area (Å²) in [5.74, 6) is -1.04. The largest absolute Gasteiger partial charge is 0.457 e. The number of halogens is 1. The van der Waals surface area contributed by atoms with Crippen molar-refractivity contribution in [3.63, 3.8) is 0 Å². The van der Waals surface area contributed by atoms with Crippen molar-refractivity contribution in [2.24, 2.45) is 5.73 Å². The molecule has 7 heteroatoms. The molecule has 0 aliphatic carbocycles. The van der Waals surface area contributed by atoms with Crippen molar-refractivity contribution in [2.75, 3.05) is 11.4 Å². The molecular formula is C19H17ClN2O4. The van der Waals surface area contributed by atoms with E-state index in [4.69, 9.17) is 22.1 Å². The second-order valence-electron chi connectivity index (χ2n) is 5.95. The Labute approximate surface area is 155 Å². The van der Waals surface area contributed by atoms with Gasteiger partial charge in [-0.25, -0.2) is 4.79 Å². The molecule has 2 amide bonds. The summed E-state index contributed by atoms with van der Waals surface area (Å²) < 4.78 is 5.30. The van der Waals surface area contributed by atoms with Crippen molar-refractivity contribution >= 4 is 35.1 Å². The number of hydrogen-bond donors (Lipinski definition) is 1. The SMILES string of the molecule is NC(=O)c1ccc(COC(=O)c2ccc(Cl)c(N3CCCC3=O)c2)cc1. The van der Waals surface area contributed by atoms with E-state index in [9.17, 15) is 14.4 Å². The molecule has 1 heterocycles. The third-order valence-electron chi connectivity index (χ3n) is 4.15. The number of anilines is 1. The molecule has 0 bridgehead atoms. The molecule has 1 saturated heterocycles. The van der Waals surface area contributed by atoms with Gasteiger partial charge in [-0.1, -0.05) is 23.7 Å². The van der Waals surface area contributed by atoms with E-state index in [1.54, 1.807) is 47.4 Å². The smallest absolute Gasteiger partial charge is 0.338 e. The standard InChI is InChI=1S/C19H17ClN2O4/c20-15-8-7-14(10-16(15)22-9-1-2-17(22)23)19(25)26-11-12-3-5-13(6-4-12)18(21)24/h3-8,10H,1-2,9,11H2,(H2,21,24). The molecule has 1 fully saturated rings. The zero-order valence-corrected chi connectivity index (χ0v) is 14.7. The second kappa shape index (κ2) is 7.58. The van der Waals surface area contributed by atoms with E-state index in [2.05, 4.69) is 0 Å². The van der Waals surface area contributed by atoms with Crippen molar-refractivity contribution < 1.29 is 19.1 Å². The molecule has 1 aliphatic heterocycles. The van der Waals surface area contributed by atoms with Crippen LogP contribution in [0.3, 0.4) is 0 Å². The van der Waals surface area contributed by atoms with E-state index in [-0.39, 0.29) is 12.5 Å². The summed E-state index contributed by atoms with van der Waals surface area (Å²) in [6, 6.07) is 11.2. The maximum absolute atomic E-state index is 12.3. The summed E-state index contributed by atoms with van der Waals surface area (Å²) in [4.78, 5) is 36.9. The van der Waals surface area contributed by atoms with Gasteiger partial charge in [0.15, 0.2) is 0 Å². The molecule has 0 unspecified atom stereocenters. The van der Waals surface area contributed by atoms with Gasteiger partial charge in [-0.3, -0.25) is 9.59 Å². The van der Waals surface area contributed by atoms with E-state index >= 15 is 0 Å². The number of rotatable bonds is 5. The Balaban J connectivity index is 1.69. The number of ether oxygens (including phenoxy) is 1. The molecule has 0 atom stereocenters.